The van der Waals surface area contributed by atoms with Gasteiger partial charge in [-0.3, -0.25) is 0 Å². The number of nitrogens with two attached hydrogens (primary N) is 1. The minimum atomic E-state index is -0.273. The van der Waals surface area contributed by atoms with Crippen molar-refractivity contribution in [2.45, 2.75) is 42.5 Å². The minimum absolute atomic E-state index is 0.156. The maximum atomic E-state index is 6.11. The Kier molecular flexibility index (Phi) is 4.10. The minimum Gasteiger partial charge on any atom is -0.497 e. The lowest BCUT2D eigenvalue weighted by Crippen LogP contribution is -2.27. The molecule has 2 aliphatic rings. The molecule has 1 saturated heterocycles. The zero-order chi connectivity index (χ0) is 14.0. The van der Waals surface area contributed by atoms with Crippen LogP contribution in [0.4, 0.5) is 5.69 Å². The van der Waals surface area contributed by atoms with E-state index < -0.39 is 0 Å². The van der Waals surface area contributed by atoms with Gasteiger partial charge in [0.05, 0.1) is 19.8 Å². The number of benzene rings is 1. The van der Waals surface area contributed by atoms with E-state index in [0.29, 0.717) is 6.61 Å². The van der Waals surface area contributed by atoms with Crippen molar-refractivity contribution >= 4 is 17.4 Å². The standard InChI is InChI=1S/C15H21NO3S/c1-17-11-4-5-13(16)14(8-11)20-10-12-9-18-15(19-12)6-2-3-7-15/h4-5,8,12H,2-3,6-7,9-10,16H2,1H3. The maximum Gasteiger partial charge on any atom is 0.168 e. The molecule has 3 rings (SSSR count). The van der Waals surface area contributed by atoms with E-state index in [0.717, 1.165) is 34.9 Å². The van der Waals surface area contributed by atoms with Gasteiger partial charge in [-0.15, -0.1) is 11.8 Å². The molecule has 20 heavy (non-hydrogen) atoms. The fraction of sp³-hybridized carbons (Fsp3) is 0.600. The molecule has 0 radical (unpaired) electrons. The van der Waals surface area contributed by atoms with Crippen LogP contribution in [0.1, 0.15) is 25.7 Å². The van der Waals surface area contributed by atoms with Gasteiger partial charge in [-0.05, 0) is 31.0 Å². The molecular weight excluding hydrogens is 274 g/mol. The average molecular weight is 295 g/mol. The molecule has 0 amide bonds. The number of ether oxygens (including phenoxy) is 3. The summed E-state index contributed by atoms with van der Waals surface area (Å²) in [4.78, 5) is 1.04. The lowest BCUT2D eigenvalue weighted by atomic mass is 10.2. The molecule has 4 nitrogen and oxygen atoms in total. The lowest BCUT2D eigenvalue weighted by molar-refractivity contribution is -0.159. The Balaban J connectivity index is 1.57. The van der Waals surface area contributed by atoms with Gasteiger partial charge < -0.3 is 19.9 Å². The maximum absolute atomic E-state index is 6.11. The van der Waals surface area contributed by atoms with Gasteiger partial charge in [0, 0.05) is 29.2 Å². The predicted octanol–water partition coefficient (Wildman–Crippen LogP) is 3.06. The van der Waals surface area contributed by atoms with Gasteiger partial charge in [-0.2, -0.15) is 0 Å². The van der Waals surface area contributed by atoms with Gasteiger partial charge in [0.1, 0.15) is 5.75 Å². The molecule has 1 heterocycles. The highest BCUT2D eigenvalue weighted by Gasteiger charge is 2.43. The van der Waals surface area contributed by atoms with Crippen LogP contribution in [0.3, 0.4) is 0 Å². The van der Waals surface area contributed by atoms with Gasteiger partial charge >= 0.3 is 0 Å². The first-order valence-corrected chi connectivity index (χ1v) is 8.07. The molecule has 1 unspecified atom stereocenters. The normalized spacial score (nSPS) is 24.4. The molecule has 5 heteroatoms. The molecule has 0 aromatic heterocycles. The summed E-state index contributed by atoms with van der Waals surface area (Å²) < 4.78 is 17.2. The highest BCUT2D eigenvalue weighted by Crippen LogP contribution is 2.40. The second kappa shape index (κ2) is 5.84. The summed E-state index contributed by atoms with van der Waals surface area (Å²) in [6.45, 7) is 0.691. The monoisotopic (exact) mass is 295 g/mol. The summed E-state index contributed by atoms with van der Waals surface area (Å²) >= 11 is 1.71. The number of hydrogen-bond donors (Lipinski definition) is 1. The Labute approximate surface area is 124 Å². The Morgan fingerprint density at radius 3 is 2.95 bits per heavy atom. The van der Waals surface area contributed by atoms with Crippen LogP contribution >= 0.6 is 11.8 Å². The second-order valence-corrected chi connectivity index (χ2v) is 6.45. The first kappa shape index (κ1) is 14.0. The number of nitrogen functional groups attached to an aromatic ring is 1. The summed E-state index contributed by atoms with van der Waals surface area (Å²) in [7, 11) is 1.66. The number of thioether (sulfide) groups is 1. The average Bonchev–Trinajstić information content (AvgIpc) is 3.09. The van der Waals surface area contributed by atoms with Gasteiger partial charge in [-0.1, -0.05) is 0 Å². The highest BCUT2D eigenvalue weighted by atomic mass is 32.2. The molecule has 1 aliphatic heterocycles. The van der Waals surface area contributed by atoms with Crippen molar-refractivity contribution in [1.82, 2.24) is 0 Å². The molecule has 1 aromatic carbocycles. The van der Waals surface area contributed by atoms with Crippen LogP contribution in [0.5, 0.6) is 5.75 Å². The third-order valence-corrected chi connectivity index (χ3v) is 5.13. The van der Waals surface area contributed by atoms with E-state index >= 15 is 0 Å². The molecule has 0 bridgehead atoms. The number of rotatable bonds is 4. The molecule has 1 atom stereocenters. The van der Waals surface area contributed by atoms with Crippen molar-refractivity contribution in [3.63, 3.8) is 0 Å². The molecular formula is C15H21NO3S. The van der Waals surface area contributed by atoms with E-state index in [1.54, 1.807) is 18.9 Å². The van der Waals surface area contributed by atoms with E-state index in [1.165, 1.54) is 12.8 Å². The van der Waals surface area contributed by atoms with Gasteiger partial charge in [0.25, 0.3) is 0 Å². The number of hydrogen-bond acceptors (Lipinski definition) is 5. The zero-order valence-electron chi connectivity index (χ0n) is 11.8. The van der Waals surface area contributed by atoms with Crippen LogP contribution in [0, 0.1) is 0 Å². The van der Waals surface area contributed by atoms with Crippen molar-refractivity contribution in [2.24, 2.45) is 0 Å². The van der Waals surface area contributed by atoms with Crippen LogP contribution < -0.4 is 10.5 Å². The third-order valence-electron chi connectivity index (χ3n) is 3.92. The van der Waals surface area contributed by atoms with Crippen LogP contribution in [-0.4, -0.2) is 31.4 Å². The van der Waals surface area contributed by atoms with Gasteiger partial charge in [0.2, 0.25) is 0 Å². The van der Waals surface area contributed by atoms with Crippen LogP contribution in [0.25, 0.3) is 0 Å². The van der Waals surface area contributed by atoms with Crippen molar-refractivity contribution in [3.05, 3.63) is 18.2 Å². The van der Waals surface area contributed by atoms with Crippen LogP contribution in [-0.2, 0) is 9.47 Å². The summed E-state index contributed by atoms with van der Waals surface area (Å²) in [6.07, 6.45) is 4.65. The molecule has 1 spiro atoms. The fourth-order valence-electron chi connectivity index (χ4n) is 2.82. The van der Waals surface area contributed by atoms with Crippen molar-refractivity contribution in [1.29, 1.82) is 0 Å². The van der Waals surface area contributed by atoms with E-state index in [2.05, 4.69) is 0 Å². The fourth-order valence-corrected chi connectivity index (χ4v) is 3.79. The first-order chi connectivity index (χ1) is 9.71. The number of anilines is 1. The summed E-state index contributed by atoms with van der Waals surface area (Å²) in [5.74, 6) is 1.42. The third kappa shape index (κ3) is 2.90. The topological polar surface area (TPSA) is 53.7 Å². The van der Waals surface area contributed by atoms with E-state index in [9.17, 15) is 0 Å². The molecule has 1 saturated carbocycles. The van der Waals surface area contributed by atoms with Gasteiger partial charge in [-0.25, -0.2) is 0 Å². The Bertz CT molecular complexity index is 474. The lowest BCUT2D eigenvalue weighted by Gasteiger charge is -2.21. The summed E-state index contributed by atoms with van der Waals surface area (Å²) in [6, 6.07) is 5.73. The molecule has 1 aliphatic carbocycles. The highest BCUT2D eigenvalue weighted by molar-refractivity contribution is 7.99. The summed E-state index contributed by atoms with van der Waals surface area (Å²) in [5, 5.41) is 0. The Hall–Kier alpha value is -0.910. The van der Waals surface area contributed by atoms with E-state index in [1.807, 2.05) is 18.2 Å². The van der Waals surface area contributed by atoms with Gasteiger partial charge in [0.15, 0.2) is 5.79 Å². The molecule has 2 N–H and O–H groups in total. The van der Waals surface area contributed by atoms with E-state index in [-0.39, 0.29) is 11.9 Å². The SMILES string of the molecule is COc1ccc(N)c(SCC2COC3(CCCC3)O2)c1. The zero-order valence-corrected chi connectivity index (χ0v) is 12.6. The van der Waals surface area contributed by atoms with Crippen LogP contribution in [0.2, 0.25) is 0 Å². The Morgan fingerprint density at radius 1 is 1.40 bits per heavy atom. The summed E-state index contributed by atoms with van der Waals surface area (Å²) in [5.41, 5.74) is 6.78. The smallest absolute Gasteiger partial charge is 0.168 e. The molecule has 2 fully saturated rings. The quantitative estimate of drug-likeness (QED) is 0.683. The molecule has 1 aromatic rings. The van der Waals surface area contributed by atoms with Crippen molar-refractivity contribution in [2.75, 3.05) is 25.2 Å². The predicted molar refractivity (Wildman–Crippen MR) is 80.2 cm³/mol. The van der Waals surface area contributed by atoms with E-state index in [4.69, 9.17) is 19.9 Å². The number of methoxy groups -OCH3 is 1. The van der Waals surface area contributed by atoms with Crippen molar-refractivity contribution in [3.8, 4) is 5.75 Å². The second-order valence-electron chi connectivity index (χ2n) is 5.38. The molecule has 110 valence electrons. The van der Waals surface area contributed by atoms with Crippen LogP contribution in [0.15, 0.2) is 23.1 Å². The Morgan fingerprint density at radius 2 is 2.20 bits per heavy atom. The van der Waals surface area contributed by atoms with Crippen molar-refractivity contribution < 1.29 is 14.2 Å². The first-order valence-electron chi connectivity index (χ1n) is 7.09. The largest absolute Gasteiger partial charge is 0.497 e.